The van der Waals surface area contributed by atoms with Gasteiger partial charge in [0.2, 0.25) is 5.95 Å². The molecule has 3 rings (SSSR count). The second kappa shape index (κ2) is 13.5. The molecule has 180 valence electrons. The van der Waals surface area contributed by atoms with E-state index in [1.54, 1.807) is 0 Å². The van der Waals surface area contributed by atoms with Gasteiger partial charge in [-0.15, -0.1) is 0 Å². The Morgan fingerprint density at radius 1 is 0.912 bits per heavy atom. The minimum Gasteiger partial charge on any atom is -0.423 e. The lowest BCUT2D eigenvalue weighted by Gasteiger charge is -2.19. The molecule has 5 nitrogen and oxygen atoms in total. The number of hydrogen-bond acceptors (Lipinski definition) is 5. The second-order valence-corrected chi connectivity index (χ2v) is 8.84. The van der Waals surface area contributed by atoms with Crippen LogP contribution in [-0.2, 0) is 11.2 Å². The van der Waals surface area contributed by atoms with Crippen LogP contribution in [0.4, 0.5) is 5.95 Å². The second-order valence-electron chi connectivity index (χ2n) is 8.84. The van der Waals surface area contributed by atoms with Crippen LogP contribution in [0.3, 0.4) is 0 Å². The molecule has 34 heavy (non-hydrogen) atoms. The molecule has 0 aliphatic carbocycles. The Morgan fingerprint density at radius 2 is 1.56 bits per heavy atom. The number of aryl methyl sites for hydroxylation is 3. The lowest BCUT2D eigenvalue weighted by molar-refractivity contribution is -0.134. The SMILES string of the molecule is CCCCC(CNc1nc(C)c(OC(=O)CCCCc2ccccc2)c(C)n1)c1ccccc1. The summed E-state index contributed by atoms with van der Waals surface area (Å²) in [6, 6.07) is 20.9. The first-order valence-corrected chi connectivity index (χ1v) is 12.5. The molecule has 0 radical (unpaired) electrons. The summed E-state index contributed by atoms with van der Waals surface area (Å²) in [6.07, 6.45) is 6.58. The van der Waals surface area contributed by atoms with Gasteiger partial charge in [0.25, 0.3) is 0 Å². The number of aromatic nitrogens is 2. The van der Waals surface area contributed by atoms with Gasteiger partial charge in [-0.25, -0.2) is 9.97 Å². The summed E-state index contributed by atoms with van der Waals surface area (Å²) in [6.45, 7) is 6.71. The minimum atomic E-state index is -0.229. The van der Waals surface area contributed by atoms with E-state index in [1.807, 2.05) is 38.1 Å². The Kier molecular flexibility index (Phi) is 10.1. The molecule has 0 saturated carbocycles. The van der Waals surface area contributed by atoms with Gasteiger partial charge in [0, 0.05) is 18.9 Å². The Morgan fingerprint density at radius 3 is 2.21 bits per heavy atom. The molecular formula is C29H37N3O2. The van der Waals surface area contributed by atoms with Crippen molar-refractivity contribution < 1.29 is 9.53 Å². The van der Waals surface area contributed by atoms with Gasteiger partial charge in [-0.2, -0.15) is 0 Å². The number of hydrogen-bond donors (Lipinski definition) is 1. The van der Waals surface area contributed by atoms with E-state index in [0.717, 1.165) is 32.2 Å². The lowest BCUT2D eigenvalue weighted by atomic mass is 9.93. The highest BCUT2D eigenvalue weighted by Crippen LogP contribution is 2.25. The average molecular weight is 460 g/mol. The van der Waals surface area contributed by atoms with Crippen molar-refractivity contribution in [3.8, 4) is 5.75 Å². The van der Waals surface area contributed by atoms with Gasteiger partial charge in [-0.1, -0.05) is 80.4 Å². The third-order valence-corrected chi connectivity index (χ3v) is 6.04. The van der Waals surface area contributed by atoms with E-state index in [2.05, 4.69) is 58.6 Å². The van der Waals surface area contributed by atoms with Crippen molar-refractivity contribution in [2.45, 2.75) is 71.6 Å². The van der Waals surface area contributed by atoms with Gasteiger partial charge in [0.1, 0.15) is 0 Å². The molecule has 0 aliphatic heterocycles. The van der Waals surface area contributed by atoms with Crippen LogP contribution in [0.15, 0.2) is 60.7 Å². The Bertz CT molecular complexity index is 999. The maximum atomic E-state index is 12.4. The van der Waals surface area contributed by atoms with Crippen molar-refractivity contribution in [2.75, 3.05) is 11.9 Å². The van der Waals surface area contributed by atoms with Crippen molar-refractivity contribution in [2.24, 2.45) is 0 Å². The molecule has 0 saturated heterocycles. The Hall–Kier alpha value is -3.21. The minimum absolute atomic E-state index is 0.229. The largest absolute Gasteiger partial charge is 0.423 e. The molecule has 1 heterocycles. The third kappa shape index (κ3) is 7.98. The van der Waals surface area contributed by atoms with E-state index in [4.69, 9.17) is 4.74 Å². The number of carbonyl (C=O) groups is 1. The van der Waals surface area contributed by atoms with E-state index < -0.39 is 0 Å². The standard InChI is InChI=1S/C29H37N3O2/c1-4-5-17-26(25-18-10-7-11-19-25)21-30-29-31-22(2)28(23(3)32-29)34-27(33)20-13-12-16-24-14-8-6-9-15-24/h6-11,14-15,18-19,26H,4-5,12-13,16-17,20-21H2,1-3H3,(H,30,31,32). The number of esters is 1. The summed E-state index contributed by atoms with van der Waals surface area (Å²) in [5, 5.41) is 3.41. The topological polar surface area (TPSA) is 64.1 Å². The molecule has 0 aliphatic rings. The number of benzene rings is 2. The fourth-order valence-corrected chi connectivity index (χ4v) is 4.12. The predicted octanol–water partition coefficient (Wildman–Crippen LogP) is 6.80. The molecule has 0 spiro atoms. The van der Waals surface area contributed by atoms with Crippen LogP contribution in [0.2, 0.25) is 0 Å². The quantitative estimate of drug-likeness (QED) is 0.225. The van der Waals surface area contributed by atoms with Gasteiger partial charge < -0.3 is 10.1 Å². The van der Waals surface area contributed by atoms with Crippen LogP contribution >= 0.6 is 0 Å². The molecule has 5 heteroatoms. The molecule has 1 N–H and O–H groups in total. The van der Waals surface area contributed by atoms with E-state index in [9.17, 15) is 4.79 Å². The highest BCUT2D eigenvalue weighted by atomic mass is 16.5. The van der Waals surface area contributed by atoms with E-state index in [1.165, 1.54) is 24.0 Å². The summed E-state index contributed by atoms with van der Waals surface area (Å²) in [7, 11) is 0. The van der Waals surface area contributed by atoms with Crippen molar-refractivity contribution >= 4 is 11.9 Å². The average Bonchev–Trinajstić information content (AvgIpc) is 2.85. The first kappa shape index (κ1) is 25.4. The maximum absolute atomic E-state index is 12.4. The molecule has 1 atom stereocenters. The summed E-state index contributed by atoms with van der Waals surface area (Å²) in [5.41, 5.74) is 3.98. The van der Waals surface area contributed by atoms with Gasteiger partial charge in [0.15, 0.2) is 5.75 Å². The van der Waals surface area contributed by atoms with Crippen LogP contribution in [0.1, 0.15) is 73.9 Å². The summed E-state index contributed by atoms with van der Waals surface area (Å²) < 4.78 is 5.64. The van der Waals surface area contributed by atoms with Gasteiger partial charge in [-0.05, 0) is 50.7 Å². The molecular weight excluding hydrogens is 422 g/mol. The Balaban J connectivity index is 1.52. The number of carbonyl (C=O) groups excluding carboxylic acids is 1. The highest BCUT2D eigenvalue weighted by molar-refractivity contribution is 5.73. The Labute approximate surface area is 204 Å². The zero-order valence-electron chi connectivity index (χ0n) is 20.7. The molecule has 3 aromatic rings. The summed E-state index contributed by atoms with van der Waals surface area (Å²) >= 11 is 0. The van der Waals surface area contributed by atoms with E-state index in [-0.39, 0.29) is 5.97 Å². The number of unbranched alkanes of at least 4 members (excludes halogenated alkanes) is 2. The summed E-state index contributed by atoms with van der Waals surface area (Å²) in [5.74, 6) is 1.23. The molecule has 2 aromatic carbocycles. The lowest BCUT2D eigenvalue weighted by Crippen LogP contribution is -2.16. The van der Waals surface area contributed by atoms with Crippen molar-refractivity contribution in [1.82, 2.24) is 9.97 Å². The number of nitrogens with one attached hydrogen (secondary N) is 1. The van der Waals surface area contributed by atoms with Crippen LogP contribution in [0.25, 0.3) is 0 Å². The molecule has 0 fully saturated rings. The van der Waals surface area contributed by atoms with E-state index >= 15 is 0 Å². The van der Waals surface area contributed by atoms with Gasteiger partial charge in [-0.3, -0.25) is 4.79 Å². The van der Waals surface area contributed by atoms with Crippen LogP contribution in [0.5, 0.6) is 5.75 Å². The van der Waals surface area contributed by atoms with Crippen molar-refractivity contribution in [1.29, 1.82) is 0 Å². The fourth-order valence-electron chi connectivity index (χ4n) is 4.12. The smallest absolute Gasteiger partial charge is 0.311 e. The number of nitrogens with zero attached hydrogens (tertiary/aromatic N) is 2. The number of ether oxygens (including phenoxy) is 1. The third-order valence-electron chi connectivity index (χ3n) is 6.04. The predicted molar refractivity (Wildman–Crippen MR) is 138 cm³/mol. The monoisotopic (exact) mass is 459 g/mol. The van der Waals surface area contributed by atoms with E-state index in [0.29, 0.717) is 35.4 Å². The molecule has 1 unspecified atom stereocenters. The van der Waals surface area contributed by atoms with Gasteiger partial charge in [0.05, 0.1) is 11.4 Å². The molecule has 0 amide bonds. The zero-order chi connectivity index (χ0) is 24.2. The zero-order valence-corrected chi connectivity index (χ0v) is 20.7. The molecule has 1 aromatic heterocycles. The van der Waals surface area contributed by atoms with Crippen LogP contribution in [0, 0.1) is 13.8 Å². The normalized spacial score (nSPS) is 11.7. The fraction of sp³-hybridized carbons (Fsp3) is 0.414. The number of anilines is 1. The summed E-state index contributed by atoms with van der Waals surface area (Å²) in [4.78, 5) is 21.5. The molecule has 0 bridgehead atoms. The highest BCUT2D eigenvalue weighted by Gasteiger charge is 2.16. The van der Waals surface area contributed by atoms with Crippen LogP contribution < -0.4 is 10.1 Å². The first-order valence-electron chi connectivity index (χ1n) is 12.5. The van der Waals surface area contributed by atoms with Crippen molar-refractivity contribution in [3.63, 3.8) is 0 Å². The van der Waals surface area contributed by atoms with Crippen LogP contribution in [-0.4, -0.2) is 22.5 Å². The van der Waals surface area contributed by atoms with Gasteiger partial charge >= 0.3 is 5.97 Å². The van der Waals surface area contributed by atoms with Crippen molar-refractivity contribution in [3.05, 3.63) is 83.2 Å². The number of rotatable bonds is 13. The maximum Gasteiger partial charge on any atom is 0.311 e. The first-order chi connectivity index (χ1) is 16.6.